The highest BCUT2D eigenvalue weighted by molar-refractivity contribution is 5.92. The molecule has 0 N–H and O–H groups in total. The van der Waals surface area contributed by atoms with E-state index in [2.05, 4.69) is 6.07 Å². The smallest absolute Gasteiger partial charge is 0.157 e. The maximum atomic E-state index is 11.8. The van der Waals surface area contributed by atoms with Crippen molar-refractivity contribution in [2.45, 2.75) is 25.7 Å². The number of nitriles is 1. The number of Topliss-reactive ketones (excluding diaryl/α,β-unsaturated/α-hetero) is 1. The van der Waals surface area contributed by atoms with Crippen LogP contribution in [0.25, 0.3) is 0 Å². The first-order chi connectivity index (χ1) is 7.22. The second kappa shape index (κ2) is 3.86. The van der Waals surface area contributed by atoms with E-state index in [0.29, 0.717) is 0 Å². The SMILES string of the molecule is Cc1cccc(C(C#N)C(=O)C2CC2)c1. The molecule has 0 radical (unpaired) electrons. The number of hydrogen-bond donors (Lipinski definition) is 0. The zero-order valence-corrected chi connectivity index (χ0v) is 8.73. The summed E-state index contributed by atoms with van der Waals surface area (Å²) >= 11 is 0. The molecule has 0 saturated heterocycles. The Hall–Kier alpha value is -1.62. The van der Waals surface area contributed by atoms with Gasteiger partial charge in [0.15, 0.2) is 5.78 Å². The zero-order chi connectivity index (χ0) is 10.8. The van der Waals surface area contributed by atoms with Crippen molar-refractivity contribution in [1.29, 1.82) is 5.26 Å². The van der Waals surface area contributed by atoms with E-state index in [0.717, 1.165) is 24.0 Å². The Morgan fingerprint density at radius 3 is 2.80 bits per heavy atom. The summed E-state index contributed by atoms with van der Waals surface area (Å²) < 4.78 is 0. The molecule has 1 atom stereocenters. The Labute approximate surface area is 89.5 Å². The number of nitrogens with zero attached hydrogens (tertiary/aromatic N) is 1. The van der Waals surface area contributed by atoms with Crippen molar-refractivity contribution < 1.29 is 4.79 Å². The Bertz CT molecular complexity index is 426. The Morgan fingerprint density at radius 2 is 2.27 bits per heavy atom. The highest BCUT2D eigenvalue weighted by Crippen LogP contribution is 2.35. The van der Waals surface area contributed by atoms with Crippen molar-refractivity contribution in [3.8, 4) is 6.07 Å². The van der Waals surface area contributed by atoms with Gasteiger partial charge in [0.2, 0.25) is 0 Å². The fourth-order valence-electron chi connectivity index (χ4n) is 1.76. The Balaban J connectivity index is 2.26. The van der Waals surface area contributed by atoms with Crippen LogP contribution in [0.15, 0.2) is 24.3 Å². The summed E-state index contributed by atoms with van der Waals surface area (Å²) in [7, 11) is 0. The van der Waals surface area contributed by atoms with Crippen LogP contribution in [0.4, 0.5) is 0 Å². The predicted molar refractivity (Wildman–Crippen MR) is 57.3 cm³/mol. The third-order valence-electron chi connectivity index (χ3n) is 2.77. The van der Waals surface area contributed by atoms with Crippen molar-refractivity contribution >= 4 is 5.78 Å². The third kappa shape index (κ3) is 2.07. The van der Waals surface area contributed by atoms with Crippen LogP contribution in [0, 0.1) is 24.2 Å². The number of benzene rings is 1. The molecule has 1 aliphatic carbocycles. The molecule has 0 heterocycles. The largest absolute Gasteiger partial charge is 0.298 e. The molecule has 2 nitrogen and oxygen atoms in total. The Morgan fingerprint density at radius 1 is 1.53 bits per heavy atom. The van der Waals surface area contributed by atoms with Gasteiger partial charge >= 0.3 is 0 Å². The molecule has 1 fully saturated rings. The lowest BCUT2D eigenvalue weighted by Gasteiger charge is -2.08. The molecule has 0 aromatic heterocycles. The minimum Gasteiger partial charge on any atom is -0.298 e. The topological polar surface area (TPSA) is 40.9 Å². The second-order valence-electron chi connectivity index (χ2n) is 4.15. The van der Waals surface area contributed by atoms with Crippen molar-refractivity contribution in [2.24, 2.45) is 5.92 Å². The highest BCUT2D eigenvalue weighted by Gasteiger charge is 2.35. The van der Waals surface area contributed by atoms with Gasteiger partial charge in [0.05, 0.1) is 6.07 Å². The number of hydrogen-bond acceptors (Lipinski definition) is 2. The van der Waals surface area contributed by atoms with Crippen LogP contribution in [0.2, 0.25) is 0 Å². The van der Waals surface area contributed by atoms with E-state index in [9.17, 15) is 4.79 Å². The quantitative estimate of drug-likeness (QED) is 0.750. The number of ketones is 1. The van der Waals surface area contributed by atoms with Gasteiger partial charge in [-0.05, 0) is 25.3 Å². The number of carbonyl (C=O) groups is 1. The standard InChI is InChI=1S/C13H13NO/c1-9-3-2-4-11(7-9)12(8-14)13(15)10-5-6-10/h2-4,7,10,12H,5-6H2,1H3. The lowest BCUT2D eigenvalue weighted by Crippen LogP contribution is -2.12. The average Bonchev–Trinajstić information content (AvgIpc) is 3.02. The fourth-order valence-corrected chi connectivity index (χ4v) is 1.76. The molecular formula is C13H13NO. The molecule has 76 valence electrons. The number of carbonyl (C=O) groups excluding carboxylic acids is 1. The molecule has 1 aromatic rings. The van der Waals surface area contributed by atoms with Gasteiger partial charge in [0.25, 0.3) is 0 Å². The van der Waals surface area contributed by atoms with Crippen LogP contribution in [0.3, 0.4) is 0 Å². The minimum atomic E-state index is -0.558. The summed E-state index contributed by atoms with van der Waals surface area (Å²) in [4.78, 5) is 11.8. The average molecular weight is 199 g/mol. The molecule has 1 aromatic carbocycles. The third-order valence-corrected chi connectivity index (χ3v) is 2.77. The van der Waals surface area contributed by atoms with E-state index >= 15 is 0 Å². The van der Waals surface area contributed by atoms with E-state index < -0.39 is 5.92 Å². The van der Waals surface area contributed by atoms with Gasteiger partial charge in [-0.25, -0.2) is 0 Å². The summed E-state index contributed by atoms with van der Waals surface area (Å²) in [6, 6.07) is 9.77. The van der Waals surface area contributed by atoms with E-state index in [1.165, 1.54) is 0 Å². The van der Waals surface area contributed by atoms with Crippen LogP contribution in [0.1, 0.15) is 29.9 Å². The molecule has 2 heteroatoms. The number of aryl methyl sites for hydroxylation is 1. The zero-order valence-electron chi connectivity index (χ0n) is 8.73. The van der Waals surface area contributed by atoms with Crippen molar-refractivity contribution in [1.82, 2.24) is 0 Å². The molecule has 0 aliphatic heterocycles. The monoisotopic (exact) mass is 199 g/mol. The lowest BCUT2D eigenvalue weighted by atomic mass is 9.92. The summed E-state index contributed by atoms with van der Waals surface area (Å²) in [5.41, 5.74) is 1.94. The molecule has 0 spiro atoms. The normalized spacial score (nSPS) is 16.8. The molecule has 2 rings (SSSR count). The summed E-state index contributed by atoms with van der Waals surface area (Å²) in [6.07, 6.45) is 1.92. The second-order valence-corrected chi connectivity index (χ2v) is 4.15. The van der Waals surface area contributed by atoms with Crippen LogP contribution >= 0.6 is 0 Å². The minimum absolute atomic E-state index is 0.100. The molecular weight excluding hydrogens is 186 g/mol. The van der Waals surface area contributed by atoms with Crippen LogP contribution in [0.5, 0.6) is 0 Å². The first-order valence-electron chi connectivity index (χ1n) is 5.22. The first kappa shape index (κ1) is 9.92. The van der Waals surface area contributed by atoms with Gasteiger partial charge in [0, 0.05) is 5.92 Å². The van der Waals surface area contributed by atoms with Gasteiger partial charge in [0.1, 0.15) is 5.92 Å². The molecule has 15 heavy (non-hydrogen) atoms. The molecule has 1 unspecified atom stereocenters. The molecule has 1 aliphatic rings. The lowest BCUT2D eigenvalue weighted by molar-refractivity contribution is -0.120. The predicted octanol–water partition coefficient (Wildman–Crippen LogP) is 2.58. The molecule has 1 saturated carbocycles. The van der Waals surface area contributed by atoms with Gasteiger partial charge in [-0.1, -0.05) is 29.8 Å². The Kier molecular flexibility index (Phi) is 2.55. The van der Waals surface area contributed by atoms with Crippen LogP contribution < -0.4 is 0 Å². The van der Waals surface area contributed by atoms with Crippen LogP contribution in [-0.4, -0.2) is 5.78 Å². The van der Waals surface area contributed by atoms with Crippen molar-refractivity contribution in [2.75, 3.05) is 0 Å². The van der Waals surface area contributed by atoms with Gasteiger partial charge in [-0.3, -0.25) is 4.79 Å². The van der Waals surface area contributed by atoms with E-state index in [1.807, 2.05) is 31.2 Å². The summed E-state index contributed by atoms with van der Waals surface area (Å²) in [5.74, 6) is -0.310. The maximum absolute atomic E-state index is 11.8. The first-order valence-corrected chi connectivity index (χ1v) is 5.22. The van der Waals surface area contributed by atoms with E-state index in [4.69, 9.17) is 5.26 Å². The maximum Gasteiger partial charge on any atom is 0.157 e. The van der Waals surface area contributed by atoms with Crippen molar-refractivity contribution in [3.63, 3.8) is 0 Å². The molecule has 0 amide bonds. The van der Waals surface area contributed by atoms with E-state index in [1.54, 1.807) is 0 Å². The highest BCUT2D eigenvalue weighted by atomic mass is 16.1. The fraction of sp³-hybridized carbons (Fsp3) is 0.385. The van der Waals surface area contributed by atoms with E-state index in [-0.39, 0.29) is 11.7 Å². The van der Waals surface area contributed by atoms with Crippen LogP contribution in [-0.2, 0) is 4.79 Å². The van der Waals surface area contributed by atoms with Crippen molar-refractivity contribution in [3.05, 3.63) is 35.4 Å². The van der Waals surface area contributed by atoms with Gasteiger partial charge in [-0.2, -0.15) is 5.26 Å². The number of rotatable bonds is 3. The summed E-state index contributed by atoms with van der Waals surface area (Å²) in [5, 5.41) is 9.05. The summed E-state index contributed by atoms with van der Waals surface area (Å²) in [6.45, 7) is 1.97. The van der Waals surface area contributed by atoms with Gasteiger partial charge in [-0.15, -0.1) is 0 Å². The molecule has 0 bridgehead atoms. The van der Waals surface area contributed by atoms with Gasteiger partial charge < -0.3 is 0 Å².